The van der Waals surface area contributed by atoms with Gasteiger partial charge in [-0.25, -0.2) is 0 Å². The van der Waals surface area contributed by atoms with Crippen molar-refractivity contribution in [3.05, 3.63) is 0 Å². The zero-order valence-electron chi connectivity index (χ0n) is 9.16. The molecule has 0 radical (unpaired) electrons. The van der Waals surface area contributed by atoms with Crippen molar-refractivity contribution in [1.82, 2.24) is 9.80 Å². The Kier molecular flexibility index (Phi) is 5.82. The zero-order valence-corrected chi connectivity index (χ0v) is 10.8. The van der Waals surface area contributed by atoms with E-state index in [0.29, 0.717) is 0 Å². The smallest absolute Gasteiger partial charge is 0.136 e. The minimum Gasteiger partial charge on any atom is -0.358 e. The number of piperidine rings is 1. The molecule has 0 atom stereocenters. The molecule has 1 heterocycles. The van der Waals surface area contributed by atoms with Crippen molar-refractivity contribution in [2.75, 3.05) is 39.5 Å². The first kappa shape index (κ1) is 12.3. The van der Waals surface area contributed by atoms with Crippen LogP contribution in [0.1, 0.15) is 19.3 Å². The van der Waals surface area contributed by atoms with Gasteiger partial charge in [-0.05, 0) is 33.4 Å². The van der Waals surface area contributed by atoms with Gasteiger partial charge in [0.25, 0.3) is 0 Å². The van der Waals surface area contributed by atoms with Crippen LogP contribution in [0.5, 0.6) is 0 Å². The van der Waals surface area contributed by atoms with Crippen LogP contribution in [0, 0.1) is 0 Å². The molecule has 1 rings (SSSR count). The van der Waals surface area contributed by atoms with Crippen LogP contribution in [0.4, 0.5) is 0 Å². The second-order valence-electron chi connectivity index (χ2n) is 3.97. The van der Waals surface area contributed by atoms with E-state index in [1.165, 1.54) is 32.4 Å². The second-order valence-corrected chi connectivity index (χ2v) is 5.69. The van der Waals surface area contributed by atoms with Crippen molar-refractivity contribution < 1.29 is 0 Å². The van der Waals surface area contributed by atoms with Gasteiger partial charge in [0.2, 0.25) is 0 Å². The Labute approximate surface area is 97.0 Å². The average molecular weight is 232 g/mol. The molecule has 0 saturated carbocycles. The van der Waals surface area contributed by atoms with Crippen LogP contribution in [0.3, 0.4) is 0 Å². The molecule has 1 aliphatic heterocycles. The summed E-state index contributed by atoms with van der Waals surface area (Å²) in [5, 5.41) is 0. The highest BCUT2D eigenvalue weighted by Crippen LogP contribution is 2.15. The molecule has 0 aromatic rings. The maximum Gasteiger partial charge on any atom is 0.136 e. The van der Waals surface area contributed by atoms with E-state index in [0.717, 1.165) is 16.6 Å². The summed E-state index contributed by atoms with van der Waals surface area (Å²) in [7, 11) is 4.20. The number of rotatable bonds is 3. The third kappa shape index (κ3) is 4.62. The van der Waals surface area contributed by atoms with E-state index in [1.54, 1.807) is 0 Å². The molecule has 0 aliphatic carbocycles. The van der Waals surface area contributed by atoms with Crippen LogP contribution in [0.2, 0.25) is 0 Å². The first-order valence-corrected chi connectivity index (χ1v) is 6.66. The van der Waals surface area contributed by atoms with Gasteiger partial charge in [-0.2, -0.15) is 0 Å². The normalized spacial score (nSPS) is 17.5. The summed E-state index contributed by atoms with van der Waals surface area (Å²) < 4.78 is 1.10. The van der Waals surface area contributed by atoms with E-state index in [4.69, 9.17) is 12.2 Å². The number of thiocarbonyl (C=S) groups is 1. The summed E-state index contributed by atoms with van der Waals surface area (Å²) in [6, 6.07) is 0. The summed E-state index contributed by atoms with van der Waals surface area (Å²) in [6.45, 7) is 3.46. The number of likely N-dealkylation sites (tertiary alicyclic amines) is 1. The Morgan fingerprint density at radius 3 is 2.50 bits per heavy atom. The average Bonchev–Trinajstić information content (AvgIpc) is 2.18. The molecule has 0 amide bonds. The van der Waals surface area contributed by atoms with E-state index in [2.05, 4.69) is 23.9 Å². The first-order chi connectivity index (χ1) is 6.70. The summed E-state index contributed by atoms with van der Waals surface area (Å²) in [4.78, 5) is 4.56. The van der Waals surface area contributed by atoms with Gasteiger partial charge in [0, 0.05) is 25.4 Å². The Morgan fingerprint density at radius 1 is 1.29 bits per heavy atom. The highest BCUT2D eigenvalue weighted by atomic mass is 32.2. The SMILES string of the molecule is CN(C)CCSC(=S)N1CCCCC1. The Hall–Kier alpha value is 0.200. The fourth-order valence-corrected chi connectivity index (χ4v) is 2.91. The summed E-state index contributed by atoms with van der Waals surface area (Å²) in [5.74, 6) is 1.11. The van der Waals surface area contributed by atoms with E-state index < -0.39 is 0 Å². The topological polar surface area (TPSA) is 6.48 Å². The van der Waals surface area contributed by atoms with Gasteiger partial charge >= 0.3 is 0 Å². The Morgan fingerprint density at radius 2 is 1.93 bits per heavy atom. The van der Waals surface area contributed by atoms with Crippen LogP contribution in [0.15, 0.2) is 0 Å². The third-order valence-corrected chi connectivity index (χ3v) is 3.88. The quantitative estimate of drug-likeness (QED) is 0.687. The Bertz CT molecular complexity index is 177. The predicted molar refractivity (Wildman–Crippen MR) is 69.0 cm³/mol. The monoisotopic (exact) mass is 232 g/mol. The van der Waals surface area contributed by atoms with E-state index in [-0.39, 0.29) is 0 Å². The van der Waals surface area contributed by atoms with Gasteiger partial charge in [-0.15, -0.1) is 0 Å². The van der Waals surface area contributed by atoms with E-state index >= 15 is 0 Å². The molecule has 0 aromatic carbocycles. The molecule has 1 saturated heterocycles. The molecule has 2 nitrogen and oxygen atoms in total. The molecule has 4 heteroatoms. The van der Waals surface area contributed by atoms with Gasteiger partial charge in [-0.1, -0.05) is 24.0 Å². The zero-order chi connectivity index (χ0) is 10.4. The van der Waals surface area contributed by atoms with Crippen molar-refractivity contribution in [2.24, 2.45) is 0 Å². The molecule has 0 spiro atoms. The van der Waals surface area contributed by atoms with Gasteiger partial charge in [0.15, 0.2) is 0 Å². The van der Waals surface area contributed by atoms with Crippen LogP contribution in [-0.2, 0) is 0 Å². The summed E-state index contributed by atoms with van der Waals surface area (Å²) in [5.41, 5.74) is 0. The van der Waals surface area contributed by atoms with Crippen molar-refractivity contribution in [3.63, 3.8) is 0 Å². The van der Waals surface area contributed by atoms with Crippen molar-refractivity contribution in [1.29, 1.82) is 0 Å². The largest absolute Gasteiger partial charge is 0.358 e. The summed E-state index contributed by atoms with van der Waals surface area (Å²) in [6.07, 6.45) is 4.00. The minimum atomic E-state index is 1.10. The van der Waals surface area contributed by atoms with Crippen molar-refractivity contribution in [2.45, 2.75) is 19.3 Å². The molecule has 1 fully saturated rings. The van der Waals surface area contributed by atoms with Gasteiger partial charge < -0.3 is 9.80 Å². The van der Waals surface area contributed by atoms with Crippen LogP contribution in [-0.4, -0.2) is 53.6 Å². The molecule has 1 aliphatic rings. The number of nitrogens with zero attached hydrogens (tertiary/aromatic N) is 2. The fraction of sp³-hybridized carbons (Fsp3) is 0.900. The van der Waals surface area contributed by atoms with Crippen LogP contribution >= 0.6 is 24.0 Å². The predicted octanol–water partition coefficient (Wildman–Crippen LogP) is 2.05. The molecular weight excluding hydrogens is 212 g/mol. The Balaban J connectivity index is 2.13. The lowest BCUT2D eigenvalue weighted by atomic mass is 10.1. The molecular formula is C10H20N2S2. The lowest BCUT2D eigenvalue weighted by Crippen LogP contribution is -2.33. The van der Waals surface area contributed by atoms with E-state index in [1.807, 2.05) is 11.8 Å². The number of thioether (sulfide) groups is 1. The molecule has 0 N–H and O–H groups in total. The lowest BCUT2D eigenvalue weighted by molar-refractivity contribution is 0.352. The van der Waals surface area contributed by atoms with Crippen molar-refractivity contribution in [3.8, 4) is 0 Å². The highest BCUT2D eigenvalue weighted by Gasteiger charge is 2.13. The van der Waals surface area contributed by atoms with Gasteiger partial charge in [-0.3, -0.25) is 0 Å². The maximum absolute atomic E-state index is 5.40. The standard InChI is InChI=1S/C10H20N2S2/c1-11(2)8-9-14-10(13)12-6-4-3-5-7-12/h3-9H2,1-2H3. The molecule has 14 heavy (non-hydrogen) atoms. The fourth-order valence-electron chi connectivity index (χ4n) is 1.48. The third-order valence-electron chi connectivity index (χ3n) is 2.38. The molecule has 0 aromatic heterocycles. The number of hydrogen-bond acceptors (Lipinski definition) is 3. The lowest BCUT2D eigenvalue weighted by Gasteiger charge is -2.28. The molecule has 0 bridgehead atoms. The van der Waals surface area contributed by atoms with Crippen LogP contribution < -0.4 is 0 Å². The molecule has 0 unspecified atom stereocenters. The number of hydrogen-bond donors (Lipinski definition) is 0. The summed E-state index contributed by atoms with van der Waals surface area (Å²) >= 11 is 7.22. The van der Waals surface area contributed by atoms with Gasteiger partial charge in [0.05, 0.1) is 0 Å². The second kappa shape index (κ2) is 6.64. The first-order valence-electron chi connectivity index (χ1n) is 5.26. The highest BCUT2D eigenvalue weighted by molar-refractivity contribution is 8.22. The van der Waals surface area contributed by atoms with Crippen LogP contribution in [0.25, 0.3) is 0 Å². The molecule has 82 valence electrons. The minimum absolute atomic E-state index is 1.10. The maximum atomic E-state index is 5.40. The van der Waals surface area contributed by atoms with Gasteiger partial charge in [0.1, 0.15) is 4.32 Å². The van der Waals surface area contributed by atoms with E-state index in [9.17, 15) is 0 Å². The van der Waals surface area contributed by atoms with Crippen molar-refractivity contribution >= 4 is 28.3 Å².